The number of hydrogen-bond donors (Lipinski definition) is 2. The van der Waals surface area contributed by atoms with Gasteiger partial charge in [-0.3, -0.25) is 4.79 Å². The van der Waals surface area contributed by atoms with Gasteiger partial charge in [-0.25, -0.2) is 14.5 Å². The smallest absolute Gasteiger partial charge is 0.491 e. The van der Waals surface area contributed by atoms with Crippen LogP contribution in [0.15, 0.2) is 24.5 Å². The number of alkyl halides is 3. The molecule has 1 heterocycles. The predicted octanol–water partition coefficient (Wildman–Crippen LogP) is 0.345. The molecule has 0 saturated carbocycles. The number of hydrogen-bond acceptors (Lipinski definition) is 10. The van der Waals surface area contributed by atoms with Crippen molar-refractivity contribution >= 4 is 17.9 Å². The molecule has 2 N–H and O–H groups in total. The Morgan fingerprint density at radius 1 is 1.16 bits per heavy atom. The first-order valence-corrected chi connectivity index (χ1v) is 8.17. The van der Waals surface area contributed by atoms with E-state index >= 15 is 0 Å². The van der Waals surface area contributed by atoms with E-state index in [1.165, 1.54) is 25.3 Å². The summed E-state index contributed by atoms with van der Waals surface area (Å²) >= 11 is 0. The lowest BCUT2D eigenvalue weighted by atomic mass is 10.1. The molecule has 2 aromatic rings. The molecule has 0 fully saturated rings. The van der Waals surface area contributed by atoms with Crippen LogP contribution in [0.25, 0.3) is 11.4 Å². The number of methoxy groups -OCH3 is 1. The van der Waals surface area contributed by atoms with Gasteiger partial charge in [-0.05, 0) is 6.07 Å². The third kappa shape index (κ3) is 6.30. The van der Waals surface area contributed by atoms with Gasteiger partial charge in [0, 0.05) is 17.7 Å². The molecule has 0 spiro atoms. The van der Waals surface area contributed by atoms with Crippen LogP contribution in [0.5, 0.6) is 5.75 Å². The van der Waals surface area contributed by atoms with Gasteiger partial charge in [0.25, 0.3) is 6.23 Å². The molecule has 1 unspecified atom stereocenters. The summed E-state index contributed by atoms with van der Waals surface area (Å²) in [7, 11) is 1.25. The molecule has 166 valence electrons. The van der Waals surface area contributed by atoms with E-state index in [0.717, 1.165) is 6.33 Å². The number of carbonyl (C=O) groups is 3. The van der Waals surface area contributed by atoms with Crippen LogP contribution in [0.1, 0.15) is 5.56 Å². The zero-order valence-corrected chi connectivity index (χ0v) is 15.6. The monoisotopic (exact) mass is 445 g/mol. The van der Waals surface area contributed by atoms with Crippen LogP contribution in [-0.4, -0.2) is 79.5 Å². The fourth-order valence-electron chi connectivity index (χ4n) is 2.40. The molecule has 15 heteroatoms. The highest BCUT2D eigenvalue weighted by Crippen LogP contribution is 2.27. The number of halogens is 3. The lowest BCUT2D eigenvalue weighted by molar-refractivity contribution is -0.217. The Hall–Kier alpha value is -3.88. The van der Waals surface area contributed by atoms with E-state index in [1.54, 1.807) is 0 Å². The molecule has 0 aliphatic heterocycles. The Balaban J connectivity index is 2.37. The average molecular weight is 445 g/mol. The van der Waals surface area contributed by atoms with E-state index in [4.69, 9.17) is 9.84 Å². The van der Waals surface area contributed by atoms with Crippen LogP contribution in [0.4, 0.5) is 13.2 Å². The number of ether oxygens (including phenoxy) is 2. The van der Waals surface area contributed by atoms with E-state index in [1.807, 2.05) is 0 Å². The highest BCUT2D eigenvalue weighted by atomic mass is 19.4. The van der Waals surface area contributed by atoms with Crippen molar-refractivity contribution in [2.24, 2.45) is 0 Å². The number of carboxylic acids is 2. The fraction of sp³-hybridized carbons (Fsp3) is 0.312. The minimum absolute atomic E-state index is 0.103. The van der Waals surface area contributed by atoms with Crippen molar-refractivity contribution in [1.82, 2.24) is 25.3 Å². The number of esters is 1. The molecule has 0 aliphatic carbocycles. The second-order valence-corrected chi connectivity index (χ2v) is 5.79. The standard InChI is InChI=1S/C16H14F3N5O7/c1-30-10-4-8(12-22-20-7-21-23-12)2-3-9(10)5-24(6-11(25)26)13(14(27)28)31-15(29)16(17,18)19/h2-4,7,13H,5-6H2,1H3,(H,25,26)(H,27,28). The maximum absolute atomic E-state index is 12.5. The SMILES string of the molecule is COc1cc(-c2nncnn2)ccc1CN(CC(=O)O)C(OC(=O)C(F)(F)F)C(=O)O. The van der Waals surface area contributed by atoms with Crippen molar-refractivity contribution in [1.29, 1.82) is 0 Å². The molecule has 0 amide bonds. The third-order valence-electron chi connectivity index (χ3n) is 3.66. The third-order valence-corrected chi connectivity index (χ3v) is 3.66. The number of aromatic nitrogens is 4. The minimum Gasteiger partial charge on any atom is -0.496 e. The highest BCUT2D eigenvalue weighted by Gasteiger charge is 2.45. The van der Waals surface area contributed by atoms with Gasteiger partial charge < -0.3 is 19.7 Å². The summed E-state index contributed by atoms with van der Waals surface area (Å²) < 4.78 is 46.7. The number of carboxylic acid groups (broad SMARTS) is 2. The molecule has 0 aliphatic rings. The predicted molar refractivity (Wildman–Crippen MR) is 91.2 cm³/mol. The van der Waals surface area contributed by atoms with E-state index in [9.17, 15) is 32.7 Å². The Morgan fingerprint density at radius 3 is 2.32 bits per heavy atom. The lowest BCUT2D eigenvalue weighted by Gasteiger charge is -2.27. The molecule has 1 aromatic heterocycles. The average Bonchev–Trinajstić information content (AvgIpc) is 2.71. The Kier molecular flexibility index (Phi) is 7.36. The van der Waals surface area contributed by atoms with E-state index in [2.05, 4.69) is 25.1 Å². The normalized spacial score (nSPS) is 12.3. The molecule has 1 aromatic carbocycles. The van der Waals surface area contributed by atoms with Gasteiger partial charge in [-0.15, -0.1) is 20.4 Å². The summed E-state index contributed by atoms with van der Waals surface area (Å²) in [5, 5.41) is 32.9. The van der Waals surface area contributed by atoms with Crippen LogP contribution >= 0.6 is 0 Å². The van der Waals surface area contributed by atoms with Crippen molar-refractivity contribution in [3.8, 4) is 17.1 Å². The molecule has 0 saturated heterocycles. The van der Waals surface area contributed by atoms with Crippen molar-refractivity contribution in [3.63, 3.8) is 0 Å². The van der Waals surface area contributed by atoms with Crippen molar-refractivity contribution in [2.45, 2.75) is 18.9 Å². The van der Waals surface area contributed by atoms with E-state index < -0.39 is 43.4 Å². The fourth-order valence-corrected chi connectivity index (χ4v) is 2.40. The summed E-state index contributed by atoms with van der Waals surface area (Å²) in [6.45, 7) is -1.60. The zero-order chi connectivity index (χ0) is 23.2. The Bertz CT molecular complexity index is 958. The van der Waals surface area contributed by atoms with Crippen molar-refractivity contribution < 1.29 is 47.2 Å². The Labute approximate surface area is 171 Å². The van der Waals surface area contributed by atoms with Crippen LogP contribution in [-0.2, 0) is 25.7 Å². The maximum atomic E-state index is 12.5. The van der Waals surface area contributed by atoms with Crippen molar-refractivity contribution in [3.05, 3.63) is 30.1 Å². The van der Waals surface area contributed by atoms with Crippen LogP contribution in [0, 0.1) is 0 Å². The van der Waals surface area contributed by atoms with Gasteiger partial charge in [0.15, 0.2) is 6.33 Å². The van der Waals surface area contributed by atoms with Gasteiger partial charge in [0.2, 0.25) is 5.82 Å². The second kappa shape index (κ2) is 9.75. The van der Waals surface area contributed by atoms with E-state index in [0.29, 0.717) is 10.5 Å². The molecule has 1 atom stereocenters. The number of rotatable bonds is 9. The van der Waals surface area contributed by atoms with Crippen LogP contribution < -0.4 is 4.74 Å². The van der Waals surface area contributed by atoms with Gasteiger partial charge >= 0.3 is 24.1 Å². The number of nitrogens with zero attached hydrogens (tertiary/aromatic N) is 5. The van der Waals surface area contributed by atoms with Crippen LogP contribution in [0.3, 0.4) is 0 Å². The second-order valence-electron chi connectivity index (χ2n) is 5.79. The first kappa shape index (κ1) is 23.4. The maximum Gasteiger partial charge on any atom is 0.491 e. The zero-order valence-electron chi connectivity index (χ0n) is 15.6. The highest BCUT2D eigenvalue weighted by molar-refractivity contribution is 5.81. The molecule has 31 heavy (non-hydrogen) atoms. The van der Waals surface area contributed by atoms with Gasteiger partial charge in [-0.1, -0.05) is 12.1 Å². The molecular weight excluding hydrogens is 431 g/mol. The number of benzene rings is 1. The molecule has 2 rings (SSSR count). The molecule has 12 nitrogen and oxygen atoms in total. The first-order chi connectivity index (χ1) is 14.5. The largest absolute Gasteiger partial charge is 0.496 e. The summed E-state index contributed by atoms with van der Waals surface area (Å²) in [6, 6.07) is 4.24. The summed E-state index contributed by atoms with van der Waals surface area (Å²) in [6.07, 6.45) is -6.90. The summed E-state index contributed by atoms with van der Waals surface area (Å²) in [5.74, 6) is -6.12. The quantitative estimate of drug-likeness (QED) is 0.402. The van der Waals surface area contributed by atoms with E-state index in [-0.39, 0.29) is 17.1 Å². The molecule has 0 bridgehead atoms. The first-order valence-electron chi connectivity index (χ1n) is 8.17. The summed E-state index contributed by atoms with van der Waals surface area (Å²) in [4.78, 5) is 34.2. The van der Waals surface area contributed by atoms with Crippen LogP contribution in [0.2, 0.25) is 0 Å². The van der Waals surface area contributed by atoms with Crippen molar-refractivity contribution in [2.75, 3.05) is 13.7 Å². The molecular formula is C16H14F3N5O7. The van der Waals surface area contributed by atoms with Gasteiger partial charge in [-0.2, -0.15) is 13.2 Å². The summed E-state index contributed by atoms with van der Waals surface area (Å²) in [5.41, 5.74) is 0.572. The number of carbonyl (C=O) groups excluding carboxylic acids is 1. The number of aliphatic carboxylic acids is 2. The topological polar surface area (TPSA) is 165 Å². The minimum atomic E-state index is -5.47. The van der Waals surface area contributed by atoms with Gasteiger partial charge in [0.05, 0.1) is 7.11 Å². The molecule has 0 radical (unpaired) electrons. The van der Waals surface area contributed by atoms with Gasteiger partial charge in [0.1, 0.15) is 12.3 Å². The Morgan fingerprint density at radius 2 is 1.81 bits per heavy atom. The lowest BCUT2D eigenvalue weighted by Crippen LogP contribution is -2.48.